The molecule has 1 atom stereocenters. The van der Waals surface area contributed by atoms with Crippen LogP contribution in [0.15, 0.2) is 48.1 Å². The zero-order chi connectivity index (χ0) is 17.1. The highest BCUT2D eigenvalue weighted by atomic mass is 32.1. The van der Waals surface area contributed by atoms with Gasteiger partial charge >= 0.3 is 0 Å². The van der Waals surface area contributed by atoms with Gasteiger partial charge in [-0.15, -0.1) is 11.3 Å². The van der Waals surface area contributed by atoms with Crippen LogP contribution in [0.3, 0.4) is 0 Å². The molecular formula is C18H19N5OS. The Kier molecular flexibility index (Phi) is 4.58. The first kappa shape index (κ1) is 16.0. The van der Waals surface area contributed by atoms with E-state index in [1.54, 1.807) is 11.6 Å². The molecule has 4 rings (SSSR count). The van der Waals surface area contributed by atoms with E-state index in [0.29, 0.717) is 5.69 Å². The fourth-order valence-electron chi connectivity index (χ4n) is 2.90. The third kappa shape index (κ3) is 3.62. The molecule has 128 valence electrons. The molecule has 0 radical (unpaired) electrons. The summed E-state index contributed by atoms with van der Waals surface area (Å²) in [6, 6.07) is 10.1. The first-order chi connectivity index (χ1) is 12.3. The number of benzene rings is 1. The molecule has 1 fully saturated rings. The van der Waals surface area contributed by atoms with Crippen LogP contribution in [0, 0.1) is 0 Å². The van der Waals surface area contributed by atoms with Gasteiger partial charge in [-0.1, -0.05) is 18.2 Å². The van der Waals surface area contributed by atoms with E-state index < -0.39 is 0 Å². The highest BCUT2D eigenvalue weighted by Gasteiger charge is 2.18. The van der Waals surface area contributed by atoms with E-state index in [0.717, 1.165) is 42.2 Å². The molecule has 6 nitrogen and oxygen atoms in total. The van der Waals surface area contributed by atoms with E-state index in [2.05, 4.69) is 20.7 Å². The third-order valence-corrected chi connectivity index (χ3v) is 5.11. The lowest BCUT2D eigenvalue weighted by Gasteiger charge is -2.23. The fraction of sp³-hybridized carbons (Fsp3) is 0.278. The Bertz CT molecular complexity index is 851. The predicted octanol–water partition coefficient (Wildman–Crippen LogP) is 2.48. The minimum atomic E-state index is -0.105. The maximum absolute atomic E-state index is 12.4. The van der Waals surface area contributed by atoms with Gasteiger partial charge in [0, 0.05) is 29.7 Å². The molecule has 0 saturated carbocycles. The number of amides is 1. The number of carbonyl (C=O) groups excluding carboxylic acids is 1. The molecule has 2 N–H and O–H groups in total. The van der Waals surface area contributed by atoms with E-state index in [1.165, 1.54) is 11.3 Å². The molecule has 0 aliphatic carbocycles. The normalized spacial score (nSPS) is 17.4. The Morgan fingerprint density at radius 3 is 3.00 bits per heavy atom. The lowest BCUT2D eigenvalue weighted by molar-refractivity contribution is 0.0926. The van der Waals surface area contributed by atoms with Gasteiger partial charge < -0.3 is 10.6 Å². The summed E-state index contributed by atoms with van der Waals surface area (Å²) in [7, 11) is 0. The van der Waals surface area contributed by atoms with Crippen molar-refractivity contribution in [3.63, 3.8) is 0 Å². The number of thiazole rings is 1. The van der Waals surface area contributed by atoms with Gasteiger partial charge in [0.15, 0.2) is 0 Å². The molecular weight excluding hydrogens is 334 g/mol. The summed E-state index contributed by atoms with van der Waals surface area (Å²) < 4.78 is 1.81. The molecule has 7 heteroatoms. The van der Waals surface area contributed by atoms with Crippen molar-refractivity contribution in [3.8, 4) is 16.3 Å². The first-order valence-corrected chi connectivity index (χ1v) is 9.25. The van der Waals surface area contributed by atoms with Crippen molar-refractivity contribution in [2.75, 3.05) is 13.1 Å². The van der Waals surface area contributed by atoms with Gasteiger partial charge in [0.25, 0.3) is 5.91 Å². The molecule has 1 aromatic carbocycles. The number of para-hydroxylation sites is 1. The smallest absolute Gasteiger partial charge is 0.271 e. The number of hydrogen-bond donors (Lipinski definition) is 2. The highest BCUT2D eigenvalue weighted by molar-refractivity contribution is 7.13. The lowest BCUT2D eigenvalue weighted by atomic mass is 10.1. The summed E-state index contributed by atoms with van der Waals surface area (Å²) in [5.41, 5.74) is 2.37. The van der Waals surface area contributed by atoms with Crippen LogP contribution in [0.25, 0.3) is 16.3 Å². The average Bonchev–Trinajstić information content (AvgIpc) is 3.33. The summed E-state index contributed by atoms with van der Waals surface area (Å²) in [5, 5.41) is 13.3. The maximum atomic E-state index is 12.4. The van der Waals surface area contributed by atoms with Crippen molar-refractivity contribution in [2.24, 2.45) is 0 Å². The number of piperidine rings is 1. The molecule has 0 bridgehead atoms. The van der Waals surface area contributed by atoms with Gasteiger partial charge in [0.1, 0.15) is 10.7 Å². The summed E-state index contributed by atoms with van der Waals surface area (Å²) >= 11 is 1.46. The summed E-state index contributed by atoms with van der Waals surface area (Å²) in [6.07, 6.45) is 5.81. The molecule has 1 aliphatic heterocycles. The molecule has 2 aromatic heterocycles. The Hall–Kier alpha value is -2.51. The van der Waals surface area contributed by atoms with Crippen molar-refractivity contribution in [2.45, 2.75) is 18.9 Å². The van der Waals surface area contributed by atoms with E-state index >= 15 is 0 Å². The predicted molar refractivity (Wildman–Crippen MR) is 98.0 cm³/mol. The number of nitrogens with zero attached hydrogens (tertiary/aromatic N) is 3. The second kappa shape index (κ2) is 7.16. The molecule has 1 saturated heterocycles. The van der Waals surface area contributed by atoms with Gasteiger partial charge in [-0.3, -0.25) is 4.79 Å². The molecule has 0 spiro atoms. The first-order valence-electron chi connectivity index (χ1n) is 8.37. The topological polar surface area (TPSA) is 71.8 Å². The van der Waals surface area contributed by atoms with Crippen molar-refractivity contribution in [3.05, 3.63) is 53.8 Å². The van der Waals surface area contributed by atoms with E-state index in [9.17, 15) is 4.79 Å². The number of nitrogens with one attached hydrogen (secondary N) is 2. The SMILES string of the molecule is O=C(N[C@H]1CCCNC1)c1csc(-c2cnn(-c3ccccc3)c2)n1. The molecule has 25 heavy (non-hydrogen) atoms. The maximum Gasteiger partial charge on any atom is 0.271 e. The molecule has 3 aromatic rings. The average molecular weight is 353 g/mol. The largest absolute Gasteiger partial charge is 0.347 e. The second-order valence-electron chi connectivity index (χ2n) is 6.06. The van der Waals surface area contributed by atoms with Crippen LogP contribution in [0.4, 0.5) is 0 Å². The number of aromatic nitrogens is 3. The van der Waals surface area contributed by atoms with Crippen LogP contribution in [-0.2, 0) is 0 Å². The quantitative estimate of drug-likeness (QED) is 0.756. The number of rotatable bonds is 4. The van der Waals surface area contributed by atoms with Crippen LogP contribution in [0.1, 0.15) is 23.3 Å². The minimum Gasteiger partial charge on any atom is -0.347 e. The van der Waals surface area contributed by atoms with Crippen LogP contribution < -0.4 is 10.6 Å². The van der Waals surface area contributed by atoms with Gasteiger partial charge in [-0.25, -0.2) is 9.67 Å². The minimum absolute atomic E-state index is 0.105. The highest BCUT2D eigenvalue weighted by Crippen LogP contribution is 2.24. The van der Waals surface area contributed by atoms with Crippen molar-refractivity contribution in [1.29, 1.82) is 0 Å². The Morgan fingerprint density at radius 2 is 2.20 bits per heavy atom. The molecule has 0 unspecified atom stereocenters. The Labute approximate surface area is 149 Å². The molecule has 1 aliphatic rings. The van der Waals surface area contributed by atoms with Gasteiger partial charge in [0.2, 0.25) is 0 Å². The molecule has 3 heterocycles. The van der Waals surface area contributed by atoms with E-state index in [1.807, 2.05) is 41.2 Å². The van der Waals surface area contributed by atoms with Crippen molar-refractivity contribution < 1.29 is 4.79 Å². The summed E-state index contributed by atoms with van der Waals surface area (Å²) in [5.74, 6) is -0.105. The van der Waals surface area contributed by atoms with Crippen LogP contribution >= 0.6 is 11.3 Å². The van der Waals surface area contributed by atoms with E-state index in [4.69, 9.17) is 0 Å². The number of hydrogen-bond acceptors (Lipinski definition) is 5. The van der Waals surface area contributed by atoms with E-state index in [-0.39, 0.29) is 11.9 Å². The third-order valence-electron chi connectivity index (χ3n) is 4.22. The molecule has 1 amide bonds. The van der Waals surface area contributed by atoms with Crippen LogP contribution in [0.2, 0.25) is 0 Å². The lowest BCUT2D eigenvalue weighted by Crippen LogP contribution is -2.45. The van der Waals surface area contributed by atoms with Crippen LogP contribution in [-0.4, -0.2) is 39.8 Å². The van der Waals surface area contributed by atoms with Gasteiger partial charge in [-0.2, -0.15) is 5.10 Å². The van der Waals surface area contributed by atoms with Crippen LogP contribution in [0.5, 0.6) is 0 Å². The zero-order valence-corrected chi connectivity index (χ0v) is 14.5. The summed E-state index contributed by atoms with van der Waals surface area (Å²) in [6.45, 7) is 1.85. The Morgan fingerprint density at radius 1 is 1.32 bits per heavy atom. The zero-order valence-electron chi connectivity index (χ0n) is 13.7. The monoisotopic (exact) mass is 353 g/mol. The van der Waals surface area contributed by atoms with Crippen molar-refractivity contribution >= 4 is 17.2 Å². The Balaban J connectivity index is 1.47. The second-order valence-corrected chi connectivity index (χ2v) is 6.92. The van der Waals surface area contributed by atoms with Gasteiger partial charge in [-0.05, 0) is 31.5 Å². The standard InChI is InChI=1S/C18H19N5OS/c24-17(21-14-5-4-8-19-10-14)16-12-25-18(22-16)13-9-20-23(11-13)15-6-2-1-3-7-15/h1-3,6-7,9,11-12,14,19H,4-5,8,10H2,(H,21,24)/t14-/m0/s1. The fourth-order valence-corrected chi connectivity index (χ4v) is 3.68. The van der Waals surface area contributed by atoms with Gasteiger partial charge in [0.05, 0.1) is 11.9 Å². The van der Waals surface area contributed by atoms with Crippen molar-refractivity contribution in [1.82, 2.24) is 25.4 Å². The summed E-state index contributed by atoms with van der Waals surface area (Å²) in [4.78, 5) is 16.9. The number of carbonyl (C=O) groups is 1.